The van der Waals surface area contributed by atoms with E-state index in [2.05, 4.69) is 15.2 Å². The molecule has 0 radical (unpaired) electrons. The summed E-state index contributed by atoms with van der Waals surface area (Å²) >= 11 is 0. The Morgan fingerprint density at radius 1 is 1.47 bits per heavy atom. The molecule has 10 heteroatoms. The lowest BCUT2D eigenvalue weighted by Crippen LogP contribution is -2.52. The third-order valence-electron chi connectivity index (χ3n) is 2.71. The molecule has 1 amide bonds. The van der Waals surface area contributed by atoms with Crippen LogP contribution in [0.5, 0.6) is 0 Å². The van der Waals surface area contributed by atoms with Gasteiger partial charge in [0.15, 0.2) is 6.04 Å². The van der Waals surface area contributed by atoms with Crippen LogP contribution in [0.25, 0.3) is 0 Å². The highest BCUT2D eigenvalue weighted by molar-refractivity contribution is 7.46. The van der Waals surface area contributed by atoms with Gasteiger partial charge < -0.3 is 25.5 Å². The molecule has 1 saturated heterocycles. The van der Waals surface area contributed by atoms with Crippen molar-refractivity contribution in [3.63, 3.8) is 0 Å². The lowest BCUT2D eigenvalue weighted by atomic mass is 10.1. The highest BCUT2D eigenvalue weighted by Gasteiger charge is 2.34. The van der Waals surface area contributed by atoms with Gasteiger partial charge in [0.1, 0.15) is 0 Å². The van der Waals surface area contributed by atoms with E-state index < -0.39 is 37.9 Å². The summed E-state index contributed by atoms with van der Waals surface area (Å²) in [4.78, 5) is 40.0. The van der Waals surface area contributed by atoms with Gasteiger partial charge in [-0.05, 0) is 26.3 Å². The summed E-state index contributed by atoms with van der Waals surface area (Å²) in [5.74, 6) is -1.95. The van der Waals surface area contributed by atoms with Gasteiger partial charge in [-0.3, -0.25) is 9.32 Å². The van der Waals surface area contributed by atoms with E-state index in [0.717, 1.165) is 6.42 Å². The highest BCUT2D eigenvalue weighted by Crippen LogP contribution is 2.38. The number of carboxylic acid groups (broad SMARTS) is 1. The summed E-state index contributed by atoms with van der Waals surface area (Å²) in [6.45, 7) is 1.84. The first-order chi connectivity index (χ1) is 8.70. The Kier molecular flexibility index (Phi) is 5.45. The number of aliphatic carboxylic acids is 1. The van der Waals surface area contributed by atoms with E-state index in [-0.39, 0.29) is 0 Å². The van der Waals surface area contributed by atoms with E-state index in [1.807, 2.05) is 0 Å². The van der Waals surface area contributed by atoms with Gasteiger partial charge in [0.2, 0.25) is 5.91 Å². The predicted molar refractivity (Wildman–Crippen MR) is 63.2 cm³/mol. The summed E-state index contributed by atoms with van der Waals surface area (Å²) < 4.78 is 14.9. The van der Waals surface area contributed by atoms with Gasteiger partial charge in [-0.2, -0.15) is 0 Å². The fourth-order valence-electron chi connectivity index (χ4n) is 1.82. The van der Waals surface area contributed by atoms with Crippen LogP contribution in [-0.4, -0.2) is 51.5 Å². The third-order valence-corrected chi connectivity index (χ3v) is 3.32. The monoisotopic (exact) mass is 296 g/mol. The van der Waals surface area contributed by atoms with Gasteiger partial charge in [-0.25, -0.2) is 9.36 Å². The molecule has 1 rings (SSSR count). The first-order valence-corrected chi connectivity index (χ1v) is 7.24. The molecule has 0 aliphatic carbocycles. The quantitative estimate of drug-likeness (QED) is 0.384. The van der Waals surface area contributed by atoms with Crippen molar-refractivity contribution in [2.45, 2.75) is 38.0 Å². The van der Waals surface area contributed by atoms with Crippen LogP contribution in [0.15, 0.2) is 0 Å². The van der Waals surface area contributed by atoms with Crippen molar-refractivity contribution in [2.75, 3.05) is 6.54 Å². The van der Waals surface area contributed by atoms with Crippen molar-refractivity contribution >= 4 is 19.7 Å². The zero-order valence-corrected chi connectivity index (χ0v) is 11.2. The molecule has 0 spiro atoms. The molecule has 0 unspecified atom stereocenters. The largest absolute Gasteiger partial charge is 0.480 e. The number of carbonyl (C=O) groups is 2. The second kappa shape index (κ2) is 6.44. The molecule has 110 valence electrons. The Morgan fingerprint density at radius 2 is 2.11 bits per heavy atom. The van der Waals surface area contributed by atoms with Gasteiger partial charge in [0.05, 0.1) is 12.1 Å². The van der Waals surface area contributed by atoms with Crippen molar-refractivity contribution in [2.24, 2.45) is 0 Å². The number of hydrogen-bond acceptors (Lipinski definition) is 5. The summed E-state index contributed by atoms with van der Waals surface area (Å²) in [6.07, 6.45) is 0.0414. The van der Waals surface area contributed by atoms with Crippen LogP contribution in [0.1, 0.15) is 19.8 Å². The number of carbonyl (C=O) groups excluding carboxylic acids is 1. The van der Waals surface area contributed by atoms with Crippen molar-refractivity contribution in [1.82, 2.24) is 10.6 Å². The topological polar surface area (TPSA) is 145 Å². The summed E-state index contributed by atoms with van der Waals surface area (Å²) in [5, 5.41) is 14.1. The first kappa shape index (κ1) is 16.1. The number of phosphoric ester groups is 1. The van der Waals surface area contributed by atoms with E-state index in [1.54, 1.807) is 0 Å². The zero-order chi connectivity index (χ0) is 14.6. The number of nitrogens with one attached hydrogen (secondary N) is 2. The van der Waals surface area contributed by atoms with Crippen LogP contribution in [0.4, 0.5) is 0 Å². The molecule has 3 atom stereocenters. The molecule has 19 heavy (non-hydrogen) atoms. The van der Waals surface area contributed by atoms with Gasteiger partial charge in [-0.1, -0.05) is 0 Å². The van der Waals surface area contributed by atoms with Crippen LogP contribution >= 0.6 is 7.82 Å². The molecule has 1 fully saturated rings. The maximum atomic E-state index is 11.7. The Hall–Kier alpha value is -0.990. The standard InChI is InChI=1S/C9H17N2O7P/c1-5(18-19(15,16)17)7(9(13)14)11-8(12)6-3-2-4-10-6/h5-7,10H,2-4H2,1H3,(H,11,12)(H,13,14)(H2,15,16,17)/t5-,6+,7+/m1/s1. The Bertz CT molecular complexity index is 390. The SMILES string of the molecule is C[C@@H](OP(=O)(O)O)[C@H](NC(=O)[C@@H]1CCCN1)C(=O)O. The van der Waals surface area contributed by atoms with E-state index in [0.29, 0.717) is 13.0 Å². The summed E-state index contributed by atoms with van der Waals surface area (Å²) in [6, 6.07) is -2.01. The van der Waals surface area contributed by atoms with Crippen molar-refractivity contribution < 1.29 is 33.6 Å². The molecule has 1 heterocycles. The van der Waals surface area contributed by atoms with Crippen molar-refractivity contribution in [1.29, 1.82) is 0 Å². The molecule has 0 aromatic rings. The molecule has 5 N–H and O–H groups in total. The molecule has 0 aromatic heterocycles. The normalized spacial score (nSPS) is 22.8. The van der Waals surface area contributed by atoms with Gasteiger partial charge in [0, 0.05) is 0 Å². The van der Waals surface area contributed by atoms with E-state index >= 15 is 0 Å². The van der Waals surface area contributed by atoms with Gasteiger partial charge in [0.25, 0.3) is 0 Å². The fourth-order valence-corrected chi connectivity index (χ4v) is 2.37. The number of phosphoric acid groups is 1. The van der Waals surface area contributed by atoms with Crippen molar-refractivity contribution in [3.05, 3.63) is 0 Å². The molecule has 1 aliphatic rings. The molecule has 1 aliphatic heterocycles. The summed E-state index contributed by atoms with van der Waals surface area (Å²) in [7, 11) is -4.81. The van der Waals surface area contributed by atoms with Crippen LogP contribution in [0.3, 0.4) is 0 Å². The Balaban J connectivity index is 2.64. The fraction of sp³-hybridized carbons (Fsp3) is 0.778. The number of carboxylic acids is 1. The Morgan fingerprint density at radius 3 is 2.53 bits per heavy atom. The number of hydrogen-bond donors (Lipinski definition) is 5. The second-order valence-corrected chi connectivity index (χ2v) is 5.47. The summed E-state index contributed by atoms with van der Waals surface area (Å²) in [5.41, 5.74) is 0. The molecule has 0 aromatic carbocycles. The van der Waals surface area contributed by atoms with Crippen LogP contribution in [-0.2, 0) is 18.7 Å². The average molecular weight is 296 g/mol. The van der Waals surface area contributed by atoms with E-state index in [1.165, 1.54) is 6.92 Å². The molecule has 0 bridgehead atoms. The minimum atomic E-state index is -4.81. The number of rotatable bonds is 6. The smallest absolute Gasteiger partial charge is 0.469 e. The average Bonchev–Trinajstić information content (AvgIpc) is 2.75. The lowest BCUT2D eigenvalue weighted by Gasteiger charge is -2.23. The van der Waals surface area contributed by atoms with Gasteiger partial charge >= 0.3 is 13.8 Å². The molecular formula is C9H17N2O7P. The van der Waals surface area contributed by atoms with Crippen molar-refractivity contribution in [3.8, 4) is 0 Å². The molecule has 9 nitrogen and oxygen atoms in total. The predicted octanol–water partition coefficient (Wildman–Crippen LogP) is -1.19. The molecular weight excluding hydrogens is 279 g/mol. The minimum absolute atomic E-state index is 0.482. The lowest BCUT2D eigenvalue weighted by molar-refractivity contribution is -0.144. The second-order valence-electron chi connectivity index (χ2n) is 4.27. The van der Waals surface area contributed by atoms with Crippen LogP contribution in [0, 0.1) is 0 Å². The highest BCUT2D eigenvalue weighted by atomic mass is 31.2. The van der Waals surface area contributed by atoms with E-state index in [9.17, 15) is 14.2 Å². The zero-order valence-electron chi connectivity index (χ0n) is 10.3. The third kappa shape index (κ3) is 5.25. The van der Waals surface area contributed by atoms with E-state index in [4.69, 9.17) is 14.9 Å². The maximum absolute atomic E-state index is 11.7. The molecule has 0 saturated carbocycles. The Labute approximate surface area is 109 Å². The first-order valence-electron chi connectivity index (χ1n) is 5.71. The van der Waals surface area contributed by atoms with Gasteiger partial charge in [-0.15, -0.1) is 0 Å². The van der Waals surface area contributed by atoms with Crippen LogP contribution < -0.4 is 10.6 Å². The number of amides is 1. The maximum Gasteiger partial charge on any atom is 0.469 e. The van der Waals surface area contributed by atoms with Crippen LogP contribution in [0.2, 0.25) is 0 Å². The minimum Gasteiger partial charge on any atom is -0.480 e.